The lowest BCUT2D eigenvalue weighted by Gasteiger charge is -2.15. The van der Waals surface area contributed by atoms with Gasteiger partial charge < -0.3 is 0 Å². The summed E-state index contributed by atoms with van der Waals surface area (Å²) in [6.45, 7) is 0. The quantitative estimate of drug-likeness (QED) is 0.757. The zero-order chi connectivity index (χ0) is 13.0. The van der Waals surface area contributed by atoms with E-state index in [0.29, 0.717) is 11.8 Å². The third-order valence-corrected chi connectivity index (χ3v) is 3.79. The molecule has 0 aliphatic rings. The molecule has 96 valence electrons. The molecule has 0 N–H and O–H groups in total. The second kappa shape index (κ2) is 6.26. The highest BCUT2D eigenvalue weighted by Gasteiger charge is 2.13. The number of hydrogen-bond donors (Lipinski definition) is 0. The van der Waals surface area contributed by atoms with E-state index in [1.54, 1.807) is 0 Å². The molecule has 0 amide bonds. The van der Waals surface area contributed by atoms with Gasteiger partial charge in [0.25, 0.3) is 0 Å². The van der Waals surface area contributed by atoms with Gasteiger partial charge in [0.1, 0.15) is 0 Å². The lowest BCUT2D eigenvalue weighted by Crippen LogP contribution is -2.03. The van der Waals surface area contributed by atoms with Gasteiger partial charge in [-0.1, -0.05) is 29.8 Å². The maximum absolute atomic E-state index is 6.21. The van der Waals surface area contributed by atoms with Gasteiger partial charge in [0, 0.05) is 24.1 Å². The van der Waals surface area contributed by atoms with Crippen molar-refractivity contribution < 1.29 is 0 Å². The van der Waals surface area contributed by atoms with Crippen molar-refractivity contribution in [2.24, 2.45) is 7.05 Å². The van der Waals surface area contributed by atoms with Crippen molar-refractivity contribution in [1.29, 1.82) is 0 Å². The molecule has 0 saturated heterocycles. The molecule has 2 rings (SSSR count). The first-order valence-electron chi connectivity index (χ1n) is 5.98. The first kappa shape index (κ1) is 13.4. The smallest absolute Gasteiger partial charge is 0.0521 e. The Hall–Kier alpha value is -0.990. The van der Waals surface area contributed by atoms with Gasteiger partial charge in [0.2, 0.25) is 0 Å². The Labute approximate surface area is 118 Å². The van der Waals surface area contributed by atoms with Crippen LogP contribution in [0.15, 0.2) is 36.7 Å². The summed E-state index contributed by atoms with van der Waals surface area (Å²) in [5.74, 6) is 0.879. The van der Waals surface area contributed by atoms with E-state index in [4.69, 9.17) is 23.2 Å². The lowest BCUT2D eigenvalue weighted by atomic mass is 9.94. The SMILES string of the molecule is Cn1cc(CCC(CCl)c2ccccc2Cl)cn1. The van der Waals surface area contributed by atoms with Gasteiger partial charge in [0.15, 0.2) is 0 Å². The number of aryl methyl sites for hydroxylation is 2. The minimum absolute atomic E-state index is 0.292. The third kappa shape index (κ3) is 3.27. The van der Waals surface area contributed by atoms with E-state index in [0.717, 1.165) is 23.4 Å². The highest BCUT2D eigenvalue weighted by atomic mass is 35.5. The fraction of sp³-hybridized carbons (Fsp3) is 0.357. The van der Waals surface area contributed by atoms with Crippen LogP contribution in [0.5, 0.6) is 0 Å². The first-order valence-corrected chi connectivity index (χ1v) is 6.90. The van der Waals surface area contributed by atoms with Gasteiger partial charge in [-0.05, 0) is 36.0 Å². The Morgan fingerprint density at radius 1 is 1.33 bits per heavy atom. The molecule has 0 saturated carbocycles. The van der Waals surface area contributed by atoms with Gasteiger partial charge in [0.05, 0.1) is 6.20 Å². The molecular formula is C14H16Cl2N2. The maximum Gasteiger partial charge on any atom is 0.0521 e. The topological polar surface area (TPSA) is 17.8 Å². The van der Waals surface area contributed by atoms with Crippen molar-refractivity contribution in [2.75, 3.05) is 5.88 Å². The average Bonchev–Trinajstić information content (AvgIpc) is 2.78. The van der Waals surface area contributed by atoms with Crippen molar-refractivity contribution in [3.63, 3.8) is 0 Å². The summed E-state index contributed by atoms with van der Waals surface area (Å²) in [5, 5.41) is 4.97. The zero-order valence-corrected chi connectivity index (χ0v) is 11.8. The molecule has 18 heavy (non-hydrogen) atoms. The van der Waals surface area contributed by atoms with Crippen molar-refractivity contribution in [3.05, 3.63) is 52.8 Å². The molecule has 1 unspecified atom stereocenters. The van der Waals surface area contributed by atoms with E-state index >= 15 is 0 Å². The van der Waals surface area contributed by atoms with E-state index in [1.165, 1.54) is 5.56 Å². The average molecular weight is 283 g/mol. The molecule has 0 spiro atoms. The predicted molar refractivity (Wildman–Crippen MR) is 76.4 cm³/mol. The number of aromatic nitrogens is 2. The molecule has 1 atom stereocenters. The Balaban J connectivity index is 2.04. The Kier molecular flexibility index (Phi) is 4.67. The molecule has 0 fully saturated rings. The zero-order valence-electron chi connectivity index (χ0n) is 10.3. The van der Waals surface area contributed by atoms with Crippen LogP contribution in [-0.4, -0.2) is 15.7 Å². The second-order valence-corrected chi connectivity index (χ2v) is 5.15. The molecular weight excluding hydrogens is 267 g/mol. The van der Waals surface area contributed by atoms with Gasteiger partial charge in [-0.15, -0.1) is 11.6 Å². The van der Waals surface area contributed by atoms with E-state index in [9.17, 15) is 0 Å². The number of nitrogens with zero attached hydrogens (tertiary/aromatic N) is 2. The van der Waals surface area contributed by atoms with Crippen LogP contribution in [0.25, 0.3) is 0 Å². The summed E-state index contributed by atoms with van der Waals surface area (Å²) in [4.78, 5) is 0. The molecule has 4 heteroatoms. The molecule has 0 aliphatic carbocycles. The number of hydrogen-bond acceptors (Lipinski definition) is 1. The predicted octanol–water partition coefficient (Wildman–Crippen LogP) is 4.03. The summed E-state index contributed by atoms with van der Waals surface area (Å²) in [6, 6.07) is 7.92. The van der Waals surface area contributed by atoms with Crippen LogP contribution in [-0.2, 0) is 13.5 Å². The van der Waals surface area contributed by atoms with Crippen molar-refractivity contribution in [3.8, 4) is 0 Å². The fourth-order valence-electron chi connectivity index (χ4n) is 2.06. The number of halogens is 2. The molecule has 1 aromatic heterocycles. The number of benzene rings is 1. The van der Waals surface area contributed by atoms with E-state index in [-0.39, 0.29) is 0 Å². The van der Waals surface area contributed by atoms with Crippen LogP contribution >= 0.6 is 23.2 Å². The summed E-state index contributed by atoms with van der Waals surface area (Å²) in [6.07, 6.45) is 5.89. The third-order valence-electron chi connectivity index (χ3n) is 3.07. The Morgan fingerprint density at radius 3 is 2.72 bits per heavy atom. The molecule has 0 radical (unpaired) electrons. The van der Waals surface area contributed by atoms with Crippen LogP contribution in [0.2, 0.25) is 5.02 Å². The van der Waals surface area contributed by atoms with Crippen LogP contribution in [0.3, 0.4) is 0 Å². The first-order chi connectivity index (χ1) is 8.70. The lowest BCUT2D eigenvalue weighted by molar-refractivity contribution is 0.684. The highest BCUT2D eigenvalue weighted by molar-refractivity contribution is 6.31. The molecule has 2 nitrogen and oxygen atoms in total. The molecule has 1 heterocycles. The van der Waals surface area contributed by atoms with Crippen molar-refractivity contribution in [2.45, 2.75) is 18.8 Å². The minimum Gasteiger partial charge on any atom is -0.276 e. The van der Waals surface area contributed by atoms with Gasteiger partial charge in [-0.3, -0.25) is 4.68 Å². The van der Waals surface area contributed by atoms with Crippen LogP contribution < -0.4 is 0 Å². The van der Waals surface area contributed by atoms with Gasteiger partial charge in [-0.2, -0.15) is 5.10 Å². The van der Waals surface area contributed by atoms with Gasteiger partial charge >= 0.3 is 0 Å². The molecule has 2 aromatic rings. The Morgan fingerprint density at radius 2 is 2.11 bits per heavy atom. The van der Waals surface area contributed by atoms with E-state index in [2.05, 4.69) is 11.2 Å². The van der Waals surface area contributed by atoms with Gasteiger partial charge in [-0.25, -0.2) is 0 Å². The van der Waals surface area contributed by atoms with Crippen molar-refractivity contribution in [1.82, 2.24) is 9.78 Å². The molecule has 0 aliphatic heterocycles. The van der Waals surface area contributed by atoms with Crippen LogP contribution in [0, 0.1) is 0 Å². The standard InChI is InChI=1S/C14H16Cl2N2/c1-18-10-11(9-17-18)6-7-12(8-15)13-4-2-3-5-14(13)16/h2-5,9-10,12H,6-8H2,1H3. The Bertz CT molecular complexity index is 508. The highest BCUT2D eigenvalue weighted by Crippen LogP contribution is 2.29. The summed E-state index contributed by atoms with van der Waals surface area (Å²) >= 11 is 12.3. The summed E-state index contributed by atoms with van der Waals surface area (Å²) in [7, 11) is 1.93. The minimum atomic E-state index is 0.292. The normalized spacial score (nSPS) is 12.6. The summed E-state index contributed by atoms with van der Waals surface area (Å²) in [5.41, 5.74) is 2.37. The second-order valence-electron chi connectivity index (χ2n) is 4.43. The van der Waals surface area contributed by atoms with E-state index in [1.807, 2.05) is 42.3 Å². The summed E-state index contributed by atoms with van der Waals surface area (Å²) < 4.78 is 1.82. The molecule has 1 aromatic carbocycles. The van der Waals surface area contributed by atoms with Crippen LogP contribution in [0.1, 0.15) is 23.5 Å². The van der Waals surface area contributed by atoms with Crippen LogP contribution in [0.4, 0.5) is 0 Å². The number of alkyl halides is 1. The largest absolute Gasteiger partial charge is 0.276 e. The van der Waals surface area contributed by atoms with Crippen molar-refractivity contribution >= 4 is 23.2 Å². The fourth-order valence-corrected chi connectivity index (χ4v) is 2.67. The van der Waals surface area contributed by atoms with E-state index < -0.39 is 0 Å². The number of rotatable bonds is 5. The molecule has 0 bridgehead atoms. The monoisotopic (exact) mass is 282 g/mol. The maximum atomic E-state index is 6.21.